The SMILES string of the molecule is N[C@@H]1CN(c2ccncc2N2C=CSC2c2c(F)cccc2F)CC[C@H]1F. The lowest BCUT2D eigenvalue weighted by molar-refractivity contribution is 0.244. The van der Waals surface area contributed by atoms with E-state index in [4.69, 9.17) is 5.73 Å². The quantitative estimate of drug-likeness (QED) is 0.857. The molecule has 1 fully saturated rings. The summed E-state index contributed by atoms with van der Waals surface area (Å²) in [5.74, 6) is -1.18. The molecule has 2 aromatic rings. The first-order valence-electron chi connectivity index (χ1n) is 8.69. The van der Waals surface area contributed by atoms with Crippen LogP contribution in [0, 0.1) is 11.6 Å². The number of nitrogens with two attached hydrogens (primary N) is 1. The number of alkyl halides is 1. The van der Waals surface area contributed by atoms with Crippen molar-refractivity contribution in [3.8, 4) is 0 Å². The second-order valence-electron chi connectivity index (χ2n) is 6.60. The molecule has 0 aliphatic carbocycles. The minimum Gasteiger partial charge on any atom is -0.368 e. The minimum atomic E-state index is -1.02. The fraction of sp³-hybridized carbons (Fsp3) is 0.316. The summed E-state index contributed by atoms with van der Waals surface area (Å²) < 4.78 is 42.5. The molecule has 0 bridgehead atoms. The lowest BCUT2D eigenvalue weighted by Gasteiger charge is -2.37. The minimum absolute atomic E-state index is 0.00136. The first kappa shape index (κ1) is 18.2. The second kappa shape index (κ2) is 7.44. The number of pyridine rings is 1. The van der Waals surface area contributed by atoms with Crippen LogP contribution in [0.1, 0.15) is 17.4 Å². The highest BCUT2D eigenvalue weighted by Gasteiger charge is 2.33. The Labute approximate surface area is 159 Å². The zero-order valence-electron chi connectivity index (χ0n) is 14.4. The molecule has 2 aliphatic heterocycles. The van der Waals surface area contributed by atoms with Crippen LogP contribution in [-0.2, 0) is 0 Å². The van der Waals surface area contributed by atoms with Crippen molar-refractivity contribution < 1.29 is 13.2 Å². The second-order valence-corrected chi connectivity index (χ2v) is 7.59. The molecule has 3 heterocycles. The highest BCUT2D eigenvalue weighted by Crippen LogP contribution is 2.46. The Hall–Kier alpha value is -2.19. The van der Waals surface area contributed by atoms with Gasteiger partial charge in [-0.25, -0.2) is 13.2 Å². The van der Waals surface area contributed by atoms with Crippen LogP contribution >= 0.6 is 11.8 Å². The van der Waals surface area contributed by atoms with Crippen LogP contribution in [0.15, 0.2) is 48.3 Å². The van der Waals surface area contributed by atoms with Gasteiger partial charge in [0.2, 0.25) is 0 Å². The standard InChI is InChI=1S/C19H19F3N4S/c20-12-5-7-25(11-15(12)23)16-4-6-24-10-17(16)26-8-9-27-19(26)18-13(21)2-1-3-14(18)22/h1-4,6,8-10,12,15,19H,5,7,11,23H2/t12-,15-,19?/m1/s1. The molecule has 0 saturated carbocycles. The first-order chi connectivity index (χ1) is 13.1. The predicted octanol–water partition coefficient (Wildman–Crippen LogP) is 3.96. The van der Waals surface area contributed by atoms with Crippen molar-refractivity contribution >= 4 is 23.1 Å². The smallest absolute Gasteiger partial charge is 0.132 e. The Morgan fingerprint density at radius 3 is 2.67 bits per heavy atom. The molecule has 1 aromatic carbocycles. The van der Waals surface area contributed by atoms with Crippen LogP contribution in [0.4, 0.5) is 24.5 Å². The van der Waals surface area contributed by atoms with Gasteiger partial charge in [-0.05, 0) is 30.0 Å². The van der Waals surface area contributed by atoms with Crippen molar-refractivity contribution in [2.45, 2.75) is 24.0 Å². The third-order valence-electron chi connectivity index (χ3n) is 4.90. The van der Waals surface area contributed by atoms with E-state index in [-0.39, 0.29) is 5.56 Å². The summed E-state index contributed by atoms with van der Waals surface area (Å²) in [5, 5.41) is 1.22. The summed E-state index contributed by atoms with van der Waals surface area (Å²) in [7, 11) is 0. The maximum Gasteiger partial charge on any atom is 0.132 e. The monoisotopic (exact) mass is 392 g/mol. The molecule has 142 valence electrons. The molecule has 2 N–H and O–H groups in total. The Bertz CT molecular complexity index is 842. The van der Waals surface area contributed by atoms with Crippen molar-refractivity contribution in [3.63, 3.8) is 0 Å². The van der Waals surface area contributed by atoms with E-state index in [0.717, 1.165) is 5.69 Å². The zero-order valence-corrected chi connectivity index (χ0v) is 15.2. The molecular formula is C19H19F3N4S. The fourth-order valence-electron chi connectivity index (χ4n) is 3.50. The van der Waals surface area contributed by atoms with Crippen LogP contribution in [0.25, 0.3) is 0 Å². The van der Waals surface area contributed by atoms with E-state index in [9.17, 15) is 13.2 Å². The van der Waals surface area contributed by atoms with Gasteiger partial charge in [-0.2, -0.15) is 0 Å². The molecule has 4 rings (SSSR count). The van der Waals surface area contributed by atoms with Crippen molar-refractivity contribution in [2.24, 2.45) is 5.73 Å². The summed E-state index contributed by atoms with van der Waals surface area (Å²) in [5.41, 5.74) is 7.43. The summed E-state index contributed by atoms with van der Waals surface area (Å²) in [4.78, 5) is 7.98. The van der Waals surface area contributed by atoms with E-state index in [2.05, 4.69) is 4.98 Å². The van der Waals surface area contributed by atoms with Crippen LogP contribution in [-0.4, -0.2) is 30.3 Å². The summed E-state index contributed by atoms with van der Waals surface area (Å²) in [6.45, 7) is 0.900. The number of rotatable bonds is 3. The van der Waals surface area contributed by atoms with E-state index in [1.807, 2.05) is 11.0 Å². The zero-order chi connectivity index (χ0) is 19.0. The van der Waals surface area contributed by atoms with Gasteiger partial charge in [0, 0.05) is 25.5 Å². The van der Waals surface area contributed by atoms with E-state index >= 15 is 0 Å². The van der Waals surface area contributed by atoms with Crippen molar-refractivity contribution in [3.05, 3.63) is 65.5 Å². The molecule has 0 amide bonds. The van der Waals surface area contributed by atoms with Gasteiger partial charge in [0.05, 0.1) is 29.2 Å². The number of hydrogen-bond acceptors (Lipinski definition) is 5. The Morgan fingerprint density at radius 1 is 1.15 bits per heavy atom. The molecule has 4 nitrogen and oxygen atoms in total. The molecule has 3 atom stereocenters. The van der Waals surface area contributed by atoms with E-state index < -0.39 is 29.2 Å². The summed E-state index contributed by atoms with van der Waals surface area (Å²) in [6.07, 6.45) is 4.42. The lowest BCUT2D eigenvalue weighted by atomic mass is 10.0. The van der Waals surface area contributed by atoms with Gasteiger partial charge in [0.1, 0.15) is 23.2 Å². The van der Waals surface area contributed by atoms with Crippen molar-refractivity contribution in [1.82, 2.24) is 4.98 Å². The Morgan fingerprint density at radius 2 is 1.93 bits per heavy atom. The van der Waals surface area contributed by atoms with Crippen LogP contribution in [0.2, 0.25) is 0 Å². The largest absolute Gasteiger partial charge is 0.368 e. The van der Waals surface area contributed by atoms with E-state index in [1.54, 1.807) is 28.9 Å². The van der Waals surface area contributed by atoms with Gasteiger partial charge in [-0.15, -0.1) is 11.8 Å². The van der Waals surface area contributed by atoms with Crippen molar-refractivity contribution in [2.75, 3.05) is 22.9 Å². The van der Waals surface area contributed by atoms with Gasteiger partial charge >= 0.3 is 0 Å². The van der Waals surface area contributed by atoms with Gasteiger partial charge in [0.25, 0.3) is 0 Å². The number of anilines is 2. The number of thioether (sulfide) groups is 1. The Balaban J connectivity index is 1.70. The van der Waals surface area contributed by atoms with Gasteiger partial charge in [0.15, 0.2) is 0 Å². The summed E-state index contributed by atoms with van der Waals surface area (Å²) in [6, 6.07) is 5.12. The maximum absolute atomic E-state index is 14.3. The van der Waals surface area contributed by atoms with Gasteiger partial charge in [-0.3, -0.25) is 4.98 Å². The van der Waals surface area contributed by atoms with Gasteiger partial charge < -0.3 is 15.5 Å². The molecule has 2 aliphatic rings. The first-order valence-corrected chi connectivity index (χ1v) is 9.63. The molecule has 8 heteroatoms. The molecule has 1 aromatic heterocycles. The number of aromatic nitrogens is 1. The predicted molar refractivity (Wildman–Crippen MR) is 102 cm³/mol. The maximum atomic E-state index is 14.3. The number of nitrogens with zero attached hydrogens (tertiary/aromatic N) is 3. The molecule has 0 radical (unpaired) electrons. The number of benzene rings is 1. The topological polar surface area (TPSA) is 45.4 Å². The third kappa shape index (κ3) is 3.39. The van der Waals surface area contributed by atoms with Crippen LogP contribution in [0.3, 0.4) is 0 Å². The van der Waals surface area contributed by atoms with Crippen molar-refractivity contribution in [1.29, 1.82) is 0 Å². The highest BCUT2D eigenvalue weighted by atomic mass is 32.2. The molecule has 27 heavy (non-hydrogen) atoms. The van der Waals surface area contributed by atoms with Crippen LogP contribution in [0.5, 0.6) is 0 Å². The number of halogens is 3. The van der Waals surface area contributed by atoms with Crippen LogP contribution < -0.4 is 15.5 Å². The van der Waals surface area contributed by atoms with Gasteiger partial charge in [-0.1, -0.05) is 6.07 Å². The average molecular weight is 392 g/mol. The van der Waals surface area contributed by atoms with E-state index in [1.165, 1.54) is 30.0 Å². The average Bonchev–Trinajstić information content (AvgIpc) is 3.13. The normalized spacial score (nSPS) is 25.3. The molecule has 1 saturated heterocycles. The summed E-state index contributed by atoms with van der Waals surface area (Å²) >= 11 is 1.32. The Kier molecular flexibility index (Phi) is 5.01. The molecular weight excluding hydrogens is 373 g/mol. The fourth-order valence-corrected chi connectivity index (χ4v) is 4.52. The molecule has 1 unspecified atom stereocenters. The van der Waals surface area contributed by atoms with E-state index in [0.29, 0.717) is 25.2 Å². The highest BCUT2D eigenvalue weighted by molar-refractivity contribution is 8.02. The number of hydrogen-bond donors (Lipinski definition) is 1. The number of piperidine rings is 1. The molecule has 0 spiro atoms. The third-order valence-corrected chi connectivity index (χ3v) is 5.89. The lowest BCUT2D eigenvalue weighted by Crippen LogP contribution is -2.50.